The van der Waals surface area contributed by atoms with E-state index >= 15 is 0 Å². The molecule has 0 radical (unpaired) electrons. The van der Waals surface area contributed by atoms with Gasteiger partial charge < -0.3 is 5.32 Å². The Balaban J connectivity index is 3.21. The van der Waals surface area contributed by atoms with Crippen molar-refractivity contribution in [3.05, 3.63) is 35.4 Å². The van der Waals surface area contributed by atoms with E-state index in [1.54, 1.807) is 13.8 Å². The average Bonchev–Trinajstić information content (AvgIpc) is 2.34. The molecule has 1 atom stereocenters. The van der Waals surface area contributed by atoms with Crippen molar-refractivity contribution in [2.24, 2.45) is 0 Å². The van der Waals surface area contributed by atoms with E-state index in [2.05, 4.69) is 31.3 Å². The Labute approximate surface area is 123 Å². The lowest BCUT2D eigenvalue weighted by Crippen LogP contribution is -2.45. The summed E-state index contributed by atoms with van der Waals surface area (Å²) in [7, 11) is -3.16. The number of hydrogen-bond acceptors (Lipinski definition) is 3. The second-order valence-corrected chi connectivity index (χ2v) is 8.78. The Morgan fingerprint density at radius 3 is 1.90 bits per heavy atom. The maximum atomic E-state index is 12.1. The zero-order chi connectivity index (χ0) is 15.6. The predicted molar refractivity (Wildman–Crippen MR) is 85.9 cm³/mol. The van der Waals surface area contributed by atoms with Crippen LogP contribution >= 0.6 is 0 Å². The van der Waals surface area contributed by atoms with E-state index in [1.165, 1.54) is 11.8 Å². The van der Waals surface area contributed by atoms with Crippen LogP contribution in [0.4, 0.5) is 0 Å². The summed E-state index contributed by atoms with van der Waals surface area (Å²) in [6.07, 6.45) is 1.31. The van der Waals surface area contributed by atoms with Crippen LogP contribution in [0.15, 0.2) is 24.3 Å². The molecule has 0 saturated carbocycles. The highest BCUT2D eigenvalue weighted by Crippen LogP contribution is 2.32. The van der Waals surface area contributed by atoms with E-state index in [1.807, 2.05) is 19.1 Å². The van der Waals surface area contributed by atoms with Crippen LogP contribution in [0.2, 0.25) is 0 Å². The van der Waals surface area contributed by atoms with Crippen LogP contribution in [-0.4, -0.2) is 26.0 Å². The zero-order valence-electron chi connectivity index (χ0n) is 13.4. The molecule has 3 nitrogen and oxygen atoms in total. The van der Waals surface area contributed by atoms with Gasteiger partial charge in [-0.1, -0.05) is 45.0 Å². The molecule has 0 fully saturated rings. The molecule has 0 heterocycles. The first kappa shape index (κ1) is 17.2. The average molecular weight is 297 g/mol. The fourth-order valence-electron chi connectivity index (χ4n) is 2.26. The van der Waals surface area contributed by atoms with Gasteiger partial charge in [-0.15, -0.1) is 0 Å². The maximum Gasteiger partial charge on any atom is 0.154 e. The van der Waals surface area contributed by atoms with Gasteiger partial charge >= 0.3 is 0 Å². The van der Waals surface area contributed by atoms with Crippen molar-refractivity contribution in [3.8, 4) is 0 Å². The Bertz CT molecular complexity index is 530. The van der Waals surface area contributed by atoms with Crippen molar-refractivity contribution in [1.29, 1.82) is 0 Å². The van der Waals surface area contributed by atoms with Gasteiger partial charge in [0.15, 0.2) is 9.84 Å². The molecule has 0 aliphatic rings. The van der Waals surface area contributed by atoms with Crippen LogP contribution in [0.25, 0.3) is 0 Å². The molecule has 1 rings (SSSR count). The lowest BCUT2D eigenvalue weighted by molar-refractivity contribution is 0.428. The van der Waals surface area contributed by atoms with E-state index in [0.717, 1.165) is 12.1 Å². The van der Waals surface area contributed by atoms with E-state index < -0.39 is 14.6 Å². The largest absolute Gasteiger partial charge is 0.309 e. The molecule has 0 aliphatic carbocycles. The van der Waals surface area contributed by atoms with Gasteiger partial charge in [0.25, 0.3) is 0 Å². The number of rotatable bonds is 6. The van der Waals surface area contributed by atoms with Gasteiger partial charge in [0.2, 0.25) is 0 Å². The minimum Gasteiger partial charge on any atom is -0.309 e. The fourth-order valence-corrected chi connectivity index (χ4v) is 2.90. The third-order valence-electron chi connectivity index (χ3n) is 4.00. The molecular weight excluding hydrogens is 270 g/mol. The van der Waals surface area contributed by atoms with Crippen LogP contribution < -0.4 is 5.32 Å². The molecule has 0 amide bonds. The molecule has 0 saturated heterocycles. The Morgan fingerprint density at radius 1 is 1.10 bits per heavy atom. The topological polar surface area (TPSA) is 46.2 Å². The molecule has 4 heteroatoms. The van der Waals surface area contributed by atoms with Crippen LogP contribution in [0.1, 0.15) is 57.7 Å². The molecule has 0 aliphatic heterocycles. The summed E-state index contributed by atoms with van der Waals surface area (Å²) in [6.45, 7) is 10.6. The highest BCUT2D eigenvalue weighted by atomic mass is 32.2. The lowest BCUT2D eigenvalue weighted by Gasteiger charge is -2.33. The molecule has 114 valence electrons. The van der Waals surface area contributed by atoms with Gasteiger partial charge in [0.05, 0.1) is 10.8 Å². The zero-order valence-corrected chi connectivity index (χ0v) is 14.2. The van der Waals surface area contributed by atoms with Crippen molar-refractivity contribution in [2.75, 3.05) is 12.8 Å². The Morgan fingerprint density at radius 2 is 1.55 bits per heavy atom. The first-order valence-corrected chi connectivity index (χ1v) is 9.03. The SMILES string of the molecule is CCNC(c1ccc(C(C)C)cc1)C(C)(C)S(C)(=O)=O. The number of nitrogens with one attached hydrogen (secondary N) is 1. The molecule has 20 heavy (non-hydrogen) atoms. The van der Waals surface area contributed by atoms with E-state index in [0.29, 0.717) is 5.92 Å². The monoisotopic (exact) mass is 297 g/mol. The van der Waals surface area contributed by atoms with Gasteiger partial charge in [0.1, 0.15) is 0 Å². The number of hydrogen-bond donors (Lipinski definition) is 1. The summed E-state index contributed by atoms with van der Waals surface area (Å²) in [5.74, 6) is 0.476. The van der Waals surface area contributed by atoms with Gasteiger partial charge in [0, 0.05) is 6.26 Å². The van der Waals surface area contributed by atoms with Crippen molar-refractivity contribution < 1.29 is 8.42 Å². The number of sulfone groups is 1. The molecule has 0 aromatic heterocycles. The van der Waals surface area contributed by atoms with Crippen molar-refractivity contribution in [3.63, 3.8) is 0 Å². The van der Waals surface area contributed by atoms with Gasteiger partial charge in [-0.3, -0.25) is 0 Å². The molecular formula is C16H27NO2S. The fraction of sp³-hybridized carbons (Fsp3) is 0.625. The Kier molecular flexibility index (Phi) is 5.39. The normalized spacial score (nSPS) is 14.6. The summed E-state index contributed by atoms with van der Waals surface area (Å²) in [6, 6.07) is 8.04. The van der Waals surface area contributed by atoms with Crippen LogP contribution in [0, 0.1) is 0 Å². The van der Waals surface area contributed by atoms with Gasteiger partial charge in [-0.2, -0.15) is 0 Å². The quantitative estimate of drug-likeness (QED) is 0.876. The van der Waals surface area contributed by atoms with Crippen molar-refractivity contribution in [1.82, 2.24) is 5.32 Å². The van der Waals surface area contributed by atoms with E-state index in [4.69, 9.17) is 0 Å². The second-order valence-electron chi connectivity index (χ2n) is 6.19. The van der Waals surface area contributed by atoms with E-state index in [9.17, 15) is 8.42 Å². The van der Waals surface area contributed by atoms with Crippen LogP contribution in [0.3, 0.4) is 0 Å². The molecule has 1 aromatic carbocycles. The third kappa shape index (κ3) is 3.61. The third-order valence-corrected chi connectivity index (χ3v) is 6.14. The highest BCUT2D eigenvalue weighted by molar-refractivity contribution is 7.92. The van der Waals surface area contributed by atoms with Crippen molar-refractivity contribution in [2.45, 2.75) is 51.3 Å². The highest BCUT2D eigenvalue weighted by Gasteiger charge is 2.39. The maximum absolute atomic E-state index is 12.1. The first-order chi connectivity index (χ1) is 9.11. The summed E-state index contributed by atoms with van der Waals surface area (Å²) >= 11 is 0. The van der Waals surface area contributed by atoms with Gasteiger partial charge in [-0.25, -0.2) is 8.42 Å². The molecule has 0 bridgehead atoms. The minimum absolute atomic E-state index is 0.205. The Hall–Kier alpha value is -0.870. The predicted octanol–water partition coefficient (Wildman–Crippen LogP) is 3.28. The number of benzene rings is 1. The van der Waals surface area contributed by atoms with Gasteiger partial charge in [-0.05, 0) is 37.4 Å². The van der Waals surface area contributed by atoms with Crippen LogP contribution in [0.5, 0.6) is 0 Å². The standard InChI is InChI=1S/C16H27NO2S/c1-7-17-15(16(4,5)20(6,18)19)14-10-8-13(9-11-14)12(2)3/h8-12,15,17H,7H2,1-6H3. The summed E-state index contributed by atoms with van der Waals surface area (Å²) in [5.41, 5.74) is 2.29. The summed E-state index contributed by atoms with van der Waals surface area (Å²) < 4.78 is 23.3. The van der Waals surface area contributed by atoms with Crippen LogP contribution in [-0.2, 0) is 9.84 Å². The summed E-state index contributed by atoms with van der Waals surface area (Å²) in [5, 5.41) is 3.32. The first-order valence-electron chi connectivity index (χ1n) is 7.14. The molecule has 0 spiro atoms. The summed E-state index contributed by atoms with van der Waals surface area (Å²) in [4.78, 5) is 0. The molecule has 1 unspecified atom stereocenters. The van der Waals surface area contributed by atoms with Crippen molar-refractivity contribution >= 4 is 9.84 Å². The lowest BCUT2D eigenvalue weighted by atomic mass is 9.92. The molecule has 1 N–H and O–H groups in total. The second kappa shape index (κ2) is 6.27. The minimum atomic E-state index is -3.16. The molecule has 1 aromatic rings. The smallest absolute Gasteiger partial charge is 0.154 e. The van der Waals surface area contributed by atoms with E-state index in [-0.39, 0.29) is 6.04 Å².